The van der Waals surface area contributed by atoms with Gasteiger partial charge in [0.05, 0.1) is 14.2 Å². The zero-order chi connectivity index (χ0) is 26.8. The van der Waals surface area contributed by atoms with Gasteiger partial charge in [0.15, 0.2) is 11.5 Å². The van der Waals surface area contributed by atoms with Crippen LogP contribution in [0.4, 0.5) is 0 Å². The third-order valence-corrected chi connectivity index (χ3v) is 6.25. The van der Waals surface area contributed by atoms with E-state index in [1.165, 1.54) is 0 Å². The Morgan fingerprint density at radius 1 is 0.865 bits per heavy atom. The molecule has 2 amide bonds. The second-order valence-electron chi connectivity index (χ2n) is 9.21. The average molecular weight is 523 g/mol. The van der Waals surface area contributed by atoms with E-state index in [0.29, 0.717) is 29.4 Å². The van der Waals surface area contributed by atoms with E-state index in [1.54, 1.807) is 25.2 Å². The van der Waals surface area contributed by atoms with E-state index in [2.05, 4.69) is 5.32 Å². The van der Waals surface area contributed by atoms with E-state index in [0.717, 1.165) is 16.7 Å². The Bertz CT molecular complexity index is 1180. The summed E-state index contributed by atoms with van der Waals surface area (Å²) in [5.74, 6) is 0.949. The quantitative estimate of drug-likeness (QED) is 0.343. The highest BCUT2D eigenvalue weighted by Gasteiger charge is 2.30. The molecule has 6 nitrogen and oxygen atoms in total. The zero-order valence-corrected chi connectivity index (χ0v) is 22.6. The van der Waals surface area contributed by atoms with Crippen LogP contribution < -0.4 is 14.8 Å². The van der Waals surface area contributed by atoms with Crippen LogP contribution in [0.2, 0.25) is 5.02 Å². The van der Waals surface area contributed by atoms with Gasteiger partial charge in [-0.05, 0) is 61.2 Å². The van der Waals surface area contributed by atoms with Gasteiger partial charge in [-0.25, -0.2) is 0 Å². The highest BCUT2D eigenvalue weighted by atomic mass is 35.5. The lowest BCUT2D eigenvalue weighted by atomic mass is 10.0. The number of ether oxygens (including phenoxy) is 2. The molecule has 0 aliphatic carbocycles. The van der Waals surface area contributed by atoms with Crippen LogP contribution in [0, 0.1) is 0 Å². The monoisotopic (exact) mass is 522 g/mol. The summed E-state index contributed by atoms with van der Waals surface area (Å²) in [6, 6.07) is 22.0. The summed E-state index contributed by atoms with van der Waals surface area (Å²) in [5.41, 5.74) is 2.79. The van der Waals surface area contributed by atoms with E-state index in [4.69, 9.17) is 21.1 Å². The van der Waals surface area contributed by atoms with Crippen molar-refractivity contribution in [2.24, 2.45) is 0 Å². The maximum absolute atomic E-state index is 13.8. The fourth-order valence-electron chi connectivity index (χ4n) is 4.20. The van der Waals surface area contributed by atoms with Gasteiger partial charge in [-0.1, -0.05) is 60.1 Å². The summed E-state index contributed by atoms with van der Waals surface area (Å²) in [6.07, 6.45) is 1.13. The van der Waals surface area contributed by atoms with E-state index in [-0.39, 0.29) is 30.8 Å². The molecule has 0 radical (unpaired) electrons. The van der Waals surface area contributed by atoms with Crippen molar-refractivity contribution >= 4 is 23.4 Å². The van der Waals surface area contributed by atoms with Crippen LogP contribution in [0.3, 0.4) is 0 Å². The van der Waals surface area contributed by atoms with E-state index >= 15 is 0 Å². The number of carbonyl (C=O) groups is 2. The lowest BCUT2D eigenvalue weighted by Crippen LogP contribution is -2.51. The number of aryl methyl sites for hydroxylation is 1. The molecule has 0 aliphatic heterocycles. The molecule has 1 atom stereocenters. The van der Waals surface area contributed by atoms with Gasteiger partial charge in [-0.3, -0.25) is 9.59 Å². The third-order valence-electron chi connectivity index (χ3n) is 6.02. The van der Waals surface area contributed by atoms with Crippen molar-refractivity contribution in [3.8, 4) is 11.5 Å². The molecule has 0 saturated carbocycles. The fraction of sp³-hybridized carbons (Fsp3) is 0.333. The topological polar surface area (TPSA) is 67.9 Å². The number of hydrogen-bond donors (Lipinski definition) is 1. The number of methoxy groups -OCH3 is 2. The summed E-state index contributed by atoms with van der Waals surface area (Å²) in [5, 5.41) is 3.59. The van der Waals surface area contributed by atoms with Crippen LogP contribution in [0.15, 0.2) is 72.8 Å². The standard InChI is InChI=1S/C30H35ClN2O4/c1-21(2)32-30(35)26(18-22-9-6-5-7-10-22)33(20-24-11-8-12-25(31)17-24)29(34)16-14-23-13-15-27(36-3)28(19-23)37-4/h5-13,15,17,19,21,26H,14,16,18,20H2,1-4H3,(H,32,35)/t26-/m0/s1. The molecule has 0 heterocycles. The molecule has 37 heavy (non-hydrogen) atoms. The van der Waals surface area contributed by atoms with Gasteiger partial charge in [0, 0.05) is 30.5 Å². The summed E-state index contributed by atoms with van der Waals surface area (Å²) in [7, 11) is 3.17. The van der Waals surface area contributed by atoms with Gasteiger partial charge in [0.1, 0.15) is 6.04 Å². The Balaban J connectivity index is 1.90. The summed E-state index contributed by atoms with van der Waals surface area (Å²) in [4.78, 5) is 28.9. The Morgan fingerprint density at radius 3 is 2.22 bits per heavy atom. The third kappa shape index (κ3) is 8.25. The number of rotatable bonds is 12. The molecular weight excluding hydrogens is 488 g/mol. The van der Waals surface area contributed by atoms with Crippen LogP contribution in [0.1, 0.15) is 37.0 Å². The fourth-order valence-corrected chi connectivity index (χ4v) is 4.41. The van der Waals surface area contributed by atoms with Gasteiger partial charge in [0.2, 0.25) is 11.8 Å². The Morgan fingerprint density at radius 2 is 1.57 bits per heavy atom. The molecule has 0 fully saturated rings. The molecule has 3 aromatic carbocycles. The molecular formula is C30H35ClN2O4. The largest absolute Gasteiger partial charge is 0.493 e. The van der Waals surface area contributed by atoms with Crippen LogP contribution in [-0.2, 0) is 29.0 Å². The van der Waals surface area contributed by atoms with Crippen molar-refractivity contribution in [3.63, 3.8) is 0 Å². The van der Waals surface area contributed by atoms with Crippen LogP contribution in [0.5, 0.6) is 11.5 Å². The molecule has 0 saturated heterocycles. The lowest BCUT2D eigenvalue weighted by molar-refractivity contribution is -0.141. The number of nitrogens with one attached hydrogen (secondary N) is 1. The van der Waals surface area contributed by atoms with Crippen molar-refractivity contribution in [1.82, 2.24) is 10.2 Å². The Kier molecular flexibility index (Phi) is 10.4. The minimum atomic E-state index is -0.679. The molecule has 0 unspecified atom stereocenters. The van der Waals surface area contributed by atoms with Crippen molar-refractivity contribution in [2.75, 3.05) is 14.2 Å². The number of hydrogen-bond acceptors (Lipinski definition) is 4. The first-order chi connectivity index (χ1) is 17.8. The second-order valence-corrected chi connectivity index (χ2v) is 9.65. The predicted molar refractivity (Wildman–Crippen MR) is 147 cm³/mol. The van der Waals surface area contributed by atoms with E-state index in [1.807, 2.05) is 80.6 Å². The van der Waals surface area contributed by atoms with Crippen LogP contribution >= 0.6 is 11.6 Å². The SMILES string of the molecule is COc1ccc(CCC(=O)N(Cc2cccc(Cl)c2)[C@@H](Cc2ccccc2)C(=O)NC(C)C)cc1OC. The van der Waals surface area contributed by atoms with Gasteiger partial charge in [-0.15, -0.1) is 0 Å². The number of amides is 2. The first kappa shape index (κ1) is 28.1. The summed E-state index contributed by atoms with van der Waals surface area (Å²) >= 11 is 6.24. The normalized spacial score (nSPS) is 11.6. The van der Waals surface area contributed by atoms with Gasteiger partial charge >= 0.3 is 0 Å². The van der Waals surface area contributed by atoms with Crippen molar-refractivity contribution < 1.29 is 19.1 Å². The maximum atomic E-state index is 13.8. The molecule has 0 aromatic heterocycles. The molecule has 0 aliphatic rings. The van der Waals surface area contributed by atoms with Crippen molar-refractivity contribution in [2.45, 2.75) is 51.7 Å². The van der Waals surface area contributed by atoms with Crippen molar-refractivity contribution in [3.05, 3.63) is 94.5 Å². The van der Waals surface area contributed by atoms with Crippen LogP contribution in [-0.4, -0.2) is 43.0 Å². The minimum Gasteiger partial charge on any atom is -0.493 e. The summed E-state index contributed by atoms with van der Waals surface area (Å²) < 4.78 is 10.7. The molecule has 196 valence electrons. The maximum Gasteiger partial charge on any atom is 0.243 e. The molecule has 3 aromatic rings. The first-order valence-electron chi connectivity index (χ1n) is 12.4. The zero-order valence-electron chi connectivity index (χ0n) is 21.9. The number of nitrogens with zero attached hydrogens (tertiary/aromatic N) is 1. The van der Waals surface area contributed by atoms with E-state index in [9.17, 15) is 9.59 Å². The van der Waals surface area contributed by atoms with Gasteiger partial charge < -0.3 is 19.7 Å². The molecule has 1 N–H and O–H groups in total. The average Bonchev–Trinajstić information content (AvgIpc) is 2.89. The number of carbonyl (C=O) groups excluding carboxylic acids is 2. The Labute approximate surface area is 224 Å². The molecule has 0 spiro atoms. The van der Waals surface area contributed by atoms with Crippen molar-refractivity contribution in [1.29, 1.82) is 0 Å². The Hall–Kier alpha value is -3.51. The van der Waals surface area contributed by atoms with E-state index < -0.39 is 6.04 Å². The smallest absolute Gasteiger partial charge is 0.243 e. The predicted octanol–water partition coefficient (Wildman–Crippen LogP) is 5.45. The van der Waals surface area contributed by atoms with Gasteiger partial charge in [-0.2, -0.15) is 0 Å². The summed E-state index contributed by atoms with van der Waals surface area (Å²) in [6.45, 7) is 4.10. The highest BCUT2D eigenvalue weighted by molar-refractivity contribution is 6.30. The number of benzene rings is 3. The highest BCUT2D eigenvalue weighted by Crippen LogP contribution is 2.28. The van der Waals surface area contributed by atoms with Gasteiger partial charge in [0.25, 0.3) is 0 Å². The first-order valence-corrected chi connectivity index (χ1v) is 12.8. The minimum absolute atomic E-state index is 0.0549. The number of halogens is 1. The molecule has 0 bridgehead atoms. The molecule has 7 heteroatoms. The molecule has 3 rings (SSSR count). The van der Waals surface area contributed by atoms with Crippen LogP contribution in [0.25, 0.3) is 0 Å². The second kappa shape index (κ2) is 13.7. The lowest BCUT2D eigenvalue weighted by Gasteiger charge is -2.32.